The Kier molecular flexibility index (Phi) is 5.89. The molecule has 1 saturated heterocycles. The van der Waals surface area contributed by atoms with E-state index in [1.165, 1.54) is 26.2 Å². The number of benzene rings is 1. The summed E-state index contributed by atoms with van der Waals surface area (Å²) < 4.78 is 15.9. The van der Waals surface area contributed by atoms with Gasteiger partial charge in [-0.1, -0.05) is 0 Å². The molecule has 1 atom stereocenters. The molecule has 1 amide bonds. The molecule has 0 bridgehead atoms. The summed E-state index contributed by atoms with van der Waals surface area (Å²) in [7, 11) is 4.60. The predicted octanol–water partition coefficient (Wildman–Crippen LogP) is 1.72. The fourth-order valence-corrected chi connectivity index (χ4v) is 3.00. The van der Waals surface area contributed by atoms with E-state index in [2.05, 4.69) is 0 Å². The number of nitrogens with zero attached hydrogens (tertiary/aromatic N) is 1. The van der Waals surface area contributed by atoms with Crippen molar-refractivity contribution in [1.82, 2.24) is 4.90 Å². The van der Waals surface area contributed by atoms with E-state index >= 15 is 0 Å². The predicted molar refractivity (Wildman–Crippen MR) is 86.8 cm³/mol. The highest BCUT2D eigenvalue weighted by molar-refractivity contribution is 5.84. The smallest absolute Gasteiger partial charge is 0.326 e. The Morgan fingerprint density at radius 3 is 2.29 bits per heavy atom. The van der Waals surface area contributed by atoms with Gasteiger partial charge in [-0.05, 0) is 37.0 Å². The number of carbonyl (C=O) groups is 2. The van der Waals surface area contributed by atoms with Crippen LogP contribution in [0.25, 0.3) is 0 Å². The fourth-order valence-electron chi connectivity index (χ4n) is 3.00. The quantitative estimate of drug-likeness (QED) is 0.815. The van der Waals surface area contributed by atoms with E-state index in [-0.39, 0.29) is 12.3 Å². The van der Waals surface area contributed by atoms with Crippen LogP contribution >= 0.6 is 0 Å². The number of aliphatic carboxylic acids is 1. The molecule has 7 nitrogen and oxygen atoms in total. The minimum Gasteiger partial charge on any atom is -0.493 e. The zero-order chi connectivity index (χ0) is 17.7. The van der Waals surface area contributed by atoms with Gasteiger partial charge in [0.2, 0.25) is 11.7 Å². The number of hydrogen-bond acceptors (Lipinski definition) is 5. The lowest BCUT2D eigenvalue weighted by molar-refractivity contribution is -0.148. The largest absolute Gasteiger partial charge is 0.493 e. The Morgan fingerprint density at radius 2 is 1.79 bits per heavy atom. The Labute approximate surface area is 141 Å². The van der Waals surface area contributed by atoms with E-state index in [0.717, 1.165) is 12.0 Å². The first-order valence-electron chi connectivity index (χ1n) is 7.83. The first kappa shape index (κ1) is 17.9. The number of ether oxygens (including phenoxy) is 3. The van der Waals surface area contributed by atoms with Crippen LogP contribution in [-0.2, 0) is 16.0 Å². The van der Waals surface area contributed by atoms with E-state index in [0.29, 0.717) is 36.6 Å². The molecule has 0 spiro atoms. The number of carbonyl (C=O) groups excluding carboxylic acids is 1. The lowest BCUT2D eigenvalue weighted by atomic mass is 10.1. The summed E-state index contributed by atoms with van der Waals surface area (Å²) in [5.41, 5.74) is 0.865. The van der Waals surface area contributed by atoms with Crippen molar-refractivity contribution in [2.24, 2.45) is 0 Å². The Bertz CT molecular complexity index is 590. The Hall–Kier alpha value is -2.44. The molecular formula is C17H23NO6. The Balaban J connectivity index is 2.08. The van der Waals surface area contributed by atoms with E-state index in [4.69, 9.17) is 14.2 Å². The van der Waals surface area contributed by atoms with Gasteiger partial charge < -0.3 is 24.2 Å². The molecule has 1 aliphatic heterocycles. The van der Waals surface area contributed by atoms with Crippen molar-refractivity contribution < 1.29 is 28.9 Å². The van der Waals surface area contributed by atoms with Crippen LogP contribution in [0, 0.1) is 0 Å². The van der Waals surface area contributed by atoms with E-state index < -0.39 is 12.0 Å². The molecule has 1 fully saturated rings. The van der Waals surface area contributed by atoms with Crippen molar-refractivity contribution in [3.8, 4) is 17.2 Å². The van der Waals surface area contributed by atoms with Crippen LogP contribution in [0.3, 0.4) is 0 Å². The minimum absolute atomic E-state index is 0.145. The van der Waals surface area contributed by atoms with Crippen molar-refractivity contribution in [3.63, 3.8) is 0 Å². The molecule has 1 heterocycles. The van der Waals surface area contributed by atoms with Gasteiger partial charge in [-0.3, -0.25) is 4.79 Å². The molecule has 1 aromatic carbocycles. The van der Waals surface area contributed by atoms with Crippen molar-refractivity contribution in [1.29, 1.82) is 0 Å². The van der Waals surface area contributed by atoms with Crippen LogP contribution in [0.1, 0.15) is 24.8 Å². The van der Waals surface area contributed by atoms with Crippen molar-refractivity contribution >= 4 is 11.9 Å². The van der Waals surface area contributed by atoms with Crippen LogP contribution in [0.4, 0.5) is 0 Å². The number of methoxy groups -OCH3 is 3. The number of carboxylic acid groups (broad SMARTS) is 1. The third-order valence-electron chi connectivity index (χ3n) is 4.21. The van der Waals surface area contributed by atoms with E-state index in [1.54, 1.807) is 12.1 Å². The van der Waals surface area contributed by atoms with Gasteiger partial charge in [-0.25, -0.2) is 4.79 Å². The summed E-state index contributed by atoms with van der Waals surface area (Å²) in [6, 6.07) is 2.90. The molecule has 0 saturated carbocycles. The fraction of sp³-hybridized carbons (Fsp3) is 0.529. The van der Waals surface area contributed by atoms with E-state index in [9.17, 15) is 14.7 Å². The van der Waals surface area contributed by atoms with Gasteiger partial charge in [0.1, 0.15) is 6.04 Å². The highest BCUT2D eigenvalue weighted by atomic mass is 16.5. The van der Waals surface area contributed by atoms with Crippen molar-refractivity contribution in [2.45, 2.75) is 31.7 Å². The number of rotatable bonds is 7. The second kappa shape index (κ2) is 7.90. The Morgan fingerprint density at radius 1 is 1.17 bits per heavy atom. The van der Waals surface area contributed by atoms with Crippen LogP contribution in [0.5, 0.6) is 17.2 Å². The zero-order valence-corrected chi connectivity index (χ0v) is 14.2. The summed E-state index contributed by atoms with van der Waals surface area (Å²) in [6.45, 7) is 0.505. The highest BCUT2D eigenvalue weighted by Crippen LogP contribution is 2.38. The van der Waals surface area contributed by atoms with Gasteiger partial charge in [0, 0.05) is 13.0 Å². The van der Waals surface area contributed by atoms with Crippen LogP contribution in [0.2, 0.25) is 0 Å². The van der Waals surface area contributed by atoms with Crippen LogP contribution in [0.15, 0.2) is 12.1 Å². The zero-order valence-electron chi connectivity index (χ0n) is 14.2. The molecule has 1 aromatic rings. The van der Waals surface area contributed by atoms with Crippen LogP contribution in [-0.4, -0.2) is 55.8 Å². The molecule has 0 aliphatic carbocycles. The average molecular weight is 337 g/mol. The number of amides is 1. The molecule has 1 N–H and O–H groups in total. The van der Waals surface area contributed by atoms with Crippen molar-refractivity contribution in [2.75, 3.05) is 27.9 Å². The maximum Gasteiger partial charge on any atom is 0.326 e. The summed E-state index contributed by atoms with van der Waals surface area (Å²) in [4.78, 5) is 25.0. The third kappa shape index (κ3) is 3.72. The third-order valence-corrected chi connectivity index (χ3v) is 4.21. The number of aryl methyl sites for hydroxylation is 1. The van der Waals surface area contributed by atoms with Crippen LogP contribution < -0.4 is 14.2 Å². The molecule has 2 rings (SSSR count). The summed E-state index contributed by atoms with van der Waals surface area (Å²) in [5.74, 6) is 0.482. The molecule has 1 aliphatic rings. The van der Waals surface area contributed by atoms with Gasteiger partial charge in [0.15, 0.2) is 11.5 Å². The summed E-state index contributed by atoms with van der Waals surface area (Å²) in [6.07, 6.45) is 1.96. The minimum atomic E-state index is -0.936. The maximum atomic E-state index is 12.3. The highest BCUT2D eigenvalue weighted by Gasteiger charge is 2.33. The molecule has 0 aromatic heterocycles. The number of carboxylic acids is 1. The second-order valence-electron chi connectivity index (χ2n) is 5.62. The topological polar surface area (TPSA) is 85.3 Å². The first-order valence-corrected chi connectivity index (χ1v) is 7.83. The first-order chi connectivity index (χ1) is 11.5. The van der Waals surface area contributed by atoms with E-state index in [1.807, 2.05) is 0 Å². The van der Waals surface area contributed by atoms with Gasteiger partial charge in [0.25, 0.3) is 0 Å². The lowest BCUT2D eigenvalue weighted by Crippen LogP contribution is -2.40. The molecular weight excluding hydrogens is 314 g/mol. The number of hydrogen-bond donors (Lipinski definition) is 1. The normalized spacial score (nSPS) is 16.8. The monoisotopic (exact) mass is 337 g/mol. The lowest BCUT2D eigenvalue weighted by Gasteiger charge is -2.21. The van der Waals surface area contributed by atoms with Gasteiger partial charge in [-0.2, -0.15) is 0 Å². The summed E-state index contributed by atoms with van der Waals surface area (Å²) in [5, 5.41) is 9.17. The molecule has 0 unspecified atom stereocenters. The summed E-state index contributed by atoms with van der Waals surface area (Å²) >= 11 is 0. The van der Waals surface area contributed by atoms with Gasteiger partial charge in [-0.15, -0.1) is 0 Å². The SMILES string of the molecule is COc1cc(CCC(=O)N2CCC[C@@H]2C(=O)O)cc(OC)c1OC. The van der Waals surface area contributed by atoms with Crippen molar-refractivity contribution in [3.05, 3.63) is 17.7 Å². The van der Waals surface area contributed by atoms with Gasteiger partial charge in [0.05, 0.1) is 21.3 Å². The average Bonchev–Trinajstić information content (AvgIpc) is 3.08. The molecule has 24 heavy (non-hydrogen) atoms. The second-order valence-corrected chi connectivity index (χ2v) is 5.62. The standard InChI is InChI=1S/C17H23NO6/c1-22-13-9-11(10-14(23-2)16(13)24-3)6-7-15(19)18-8-4-5-12(18)17(20)21/h9-10,12H,4-8H2,1-3H3,(H,20,21)/t12-/m1/s1. The molecule has 0 radical (unpaired) electrons. The maximum absolute atomic E-state index is 12.3. The van der Waals surface area contributed by atoms with Gasteiger partial charge >= 0.3 is 5.97 Å². The number of likely N-dealkylation sites (tertiary alicyclic amines) is 1. The molecule has 7 heteroatoms. The molecule has 132 valence electrons.